The average Bonchev–Trinajstić information content (AvgIpc) is 2.92. The molecule has 0 radical (unpaired) electrons. The van der Waals surface area contributed by atoms with Crippen molar-refractivity contribution in [1.29, 1.82) is 0 Å². The molecule has 0 bridgehead atoms. The molecule has 1 heterocycles. The number of hydrogen-bond donors (Lipinski definition) is 2. The van der Waals surface area contributed by atoms with Gasteiger partial charge in [0.15, 0.2) is 0 Å². The number of aromatic nitrogens is 1. The molecule has 1 unspecified atom stereocenters. The second-order valence-electron chi connectivity index (χ2n) is 9.51. The summed E-state index contributed by atoms with van der Waals surface area (Å²) in [5, 5.41) is 18.1. The van der Waals surface area contributed by atoms with Crippen LogP contribution in [0.25, 0.3) is 6.08 Å². The van der Waals surface area contributed by atoms with Crippen LogP contribution < -0.4 is 4.74 Å². The molecule has 2 N–H and O–H groups in total. The zero-order valence-corrected chi connectivity index (χ0v) is 21.8. The number of carbonyl (C=O) groups is 2. The topological polar surface area (TPSA) is 96.7 Å². The summed E-state index contributed by atoms with van der Waals surface area (Å²) in [5.74, 6) is -0.937. The Labute approximate surface area is 225 Å². The molecule has 0 fully saturated rings. The minimum absolute atomic E-state index is 0.162. The second-order valence-corrected chi connectivity index (χ2v) is 9.51. The van der Waals surface area contributed by atoms with Gasteiger partial charge in [0.05, 0.1) is 12.2 Å². The van der Waals surface area contributed by atoms with Gasteiger partial charge in [0.25, 0.3) is 0 Å². The Bertz CT molecular complexity index is 1160. The summed E-state index contributed by atoms with van der Waals surface area (Å²) in [5.41, 5.74) is 3.58. The van der Waals surface area contributed by atoms with E-state index in [4.69, 9.17) is 14.9 Å². The van der Waals surface area contributed by atoms with Gasteiger partial charge in [0.1, 0.15) is 0 Å². The molecule has 0 aliphatic rings. The fourth-order valence-electron chi connectivity index (χ4n) is 4.35. The summed E-state index contributed by atoms with van der Waals surface area (Å²) >= 11 is 0. The maximum Gasteiger partial charge on any atom is 0.335 e. The van der Waals surface area contributed by atoms with Gasteiger partial charge >= 0.3 is 11.9 Å². The minimum Gasteiger partial charge on any atom is -0.481 e. The maximum atomic E-state index is 11.2. The summed E-state index contributed by atoms with van der Waals surface area (Å²) in [6, 6.07) is 21.3. The average molecular weight is 516 g/mol. The number of pyridine rings is 1. The van der Waals surface area contributed by atoms with Crippen LogP contribution in [0.2, 0.25) is 0 Å². The molecule has 0 aliphatic heterocycles. The Morgan fingerprint density at radius 1 is 0.842 bits per heavy atom. The number of hydrogen-bond acceptors (Lipinski definition) is 4. The highest BCUT2D eigenvalue weighted by Crippen LogP contribution is 2.22. The van der Waals surface area contributed by atoms with E-state index in [1.165, 1.54) is 5.56 Å². The molecule has 0 spiro atoms. The first-order chi connectivity index (χ1) is 18.5. The first-order valence-electron chi connectivity index (χ1n) is 13.3. The van der Waals surface area contributed by atoms with Gasteiger partial charge in [-0.2, -0.15) is 0 Å². The molecule has 6 heteroatoms. The van der Waals surface area contributed by atoms with Crippen molar-refractivity contribution in [3.63, 3.8) is 0 Å². The largest absolute Gasteiger partial charge is 0.481 e. The third-order valence-corrected chi connectivity index (χ3v) is 6.45. The fraction of sp³-hybridized carbons (Fsp3) is 0.344. The summed E-state index contributed by atoms with van der Waals surface area (Å²) in [7, 11) is 0. The van der Waals surface area contributed by atoms with Gasteiger partial charge < -0.3 is 14.9 Å². The van der Waals surface area contributed by atoms with Gasteiger partial charge in [-0.05, 0) is 86.3 Å². The van der Waals surface area contributed by atoms with E-state index in [-0.39, 0.29) is 17.9 Å². The van der Waals surface area contributed by atoms with E-state index >= 15 is 0 Å². The zero-order chi connectivity index (χ0) is 27.0. The lowest BCUT2D eigenvalue weighted by Gasteiger charge is -2.14. The summed E-state index contributed by atoms with van der Waals surface area (Å²) in [6.45, 7) is 0.612. The Balaban J connectivity index is 1.56. The standard InChI is InChI=1S/C32H37NO5/c34-30(35)15-7-6-13-26(24-27-17-20-29(21-18-27)32(36)37)16-19-28-14-9-22-33-31(28)38-23-8-2-5-12-25-10-3-1-4-11-25/h1,3-4,9-11,14,16-22,26H,2,5-8,12-13,15,23-24H2,(H,34,35)(H,36,37). The van der Waals surface area contributed by atoms with Gasteiger partial charge in [0, 0.05) is 18.2 Å². The van der Waals surface area contributed by atoms with Crippen LogP contribution in [0.1, 0.15) is 72.0 Å². The van der Waals surface area contributed by atoms with Crippen molar-refractivity contribution in [2.24, 2.45) is 5.92 Å². The molecule has 0 amide bonds. The SMILES string of the molecule is O=C(O)CCCCC(C=Cc1cccnc1OCCCCCc1ccccc1)Cc1ccc(C(=O)O)cc1. The lowest BCUT2D eigenvalue weighted by atomic mass is 9.92. The Kier molecular flexibility index (Phi) is 12.1. The van der Waals surface area contributed by atoms with Crippen molar-refractivity contribution < 1.29 is 24.5 Å². The summed E-state index contributed by atoms with van der Waals surface area (Å²) in [6.07, 6.45) is 13.3. The normalized spacial score (nSPS) is 11.9. The van der Waals surface area contributed by atoms with E-state index in [0.29, 0.717) is 18.9 Å². The number of rotatable bonds is 17. The van der Waals surface area contributed by atoms with E-state index in [2.05, 4.69) is 35.3 Å². The number of carboxylic acids is 2. The van der Waals surface area contributed by atoms with E-state index in [1.807, 2.05) is 36.4 Å². The molecular formula is C32H37NO5. The molecule has 3 rings (SSSR count). The van der Waals surface area contributed by atoms with Crippen LogP contribution in [0.3, 0.4) is 0 Å². The number of aliphatic carboxylic acids is 1. The van der Waals surface area contributed by atoms with Crippen LogP contribution >= 0.6 is 0 Å². The van der Waals surface area contributed by atoms with Gasteiger partial charge in [-0.25, -0.2) is 9.78 Å². The summed E-state index contributed by atoms with van der Waals surface area (Å²) in [4.78, 5) is 26.5. The molecule has 6 nitrogen and oxygen atoms in total. The van der Waals surface area contributed by atoms with Gasteiger partial charge in [-0.3, -0.25) is 4.79 Å². The molecule has 38 heavy (non-hydrogen) atoms. The molecule has 0 saturated carbocycles. The third kappa shape index (κ3) is 10.6. The highest BCUT2D eigenvalue weighted by molar-refractivity contribution is 5.87. The van der Waals surface area contributed by atoms with Crippen molar-refractivity contribution in [2.45, 2.75) is 57.8 Å². The predicted molar refractivity (Wildman–Crippen MR) is 149 cm³/mol. The van der Waals surface area contributed by atoms with E-state index in [0.717, 1.165) is 56.1 Å². The van der Waals surface area contributed by atoms with Crippen LogP contribution in [-0.4, -0.2) is 33.7 Å². The molecule has 200 valence electrons. The lowest BCUT2D eigenvalue weighted by Crippen LogP contribution is -2.04. The lowest BCUT2D eigenvalue weighted by molar-refractivity contribution is -0.137. The van der Waals surface area contributed by atoms with E-state index in [9.17, 15) is 9.59 Å². The summed E-state index contributed by atoms with van der Waals surface area (Å²) < 4.78 is 6.02. The number of ether oxygens (including phenoxy) is 1. The number of allylic oxidation sites excluding steroid dienone is 1. The molecule has 0 aliphatic carbocycles. The molecule has 1 atom stereocenters. The number of carboxylic acid groups (broad SMARTS) is 2. The number of nitrogens with zero attached hydrogens (tertiary/aromatic N) is 1. The van der Waals surface area contributed by atoms with Crippen LogP contribution in [0.4, 0.5) is 0 Å². The monoisotopic (exact) mass is 515 g/mol. The van der Waals surface area contributed by atoms with Crippen molar-refractivity contribution in [2.75, 3.05) is 6.61 Å². The van der Waals surface area contributed by atoms with E-state index < -0.39 is 11.9 Å². The minimum atomic E-state index is -0.943. The molecule has 0 saturated heterocycles. The zero-order valence-electron chi connectivity index (χ0n) is 21.8. The second kappa shape index (κ2) is 16.0. The van der Waals surface area contributed by atoms with Gasteiger partial charge in [-0.15, -0.1) is 0 Å². The predicted octanol–water partition coefficient (Wildman–Crippen LogP) is 7.09. The Morgan fingerprint density at radius 3 is 2.37 bits per heavy atom. The van der Waals surface area contributed by atoms with Crippen molar-refractivity contribution in [3.8, 4) is 5.88 Å². The van der Waals surface area contributed by atoms with Crippen LogP contribution in [0.15, 0.2) is 79.0 Å². The Morgan fingerprint density at radius 2 is 1.63 bits per heavy atom. The van der Waals surface area contributed by atoms with E-state index in [1.54, 1.807) is 18.3 Å². The highest BCUT2D eigenvalue weighted by atomic mass is 16.5. The maximum absolute atomic E-state index is 11.2. The smallest absolute Gasteiger partial charge is 0.335 e. The van der Waals surface area contributed by atoms with Crippen LogP contribution in [-0.2, 0) is 17.6 Å². The molecule has 2 aromatic carbocycles. The quantitative estimate of drug-likeness (QED) is 0.186. The number of aromatic carboxylic acids is 1. The number of unbranched alkanes of at least 4 members (excludes halogenated alkanes) is 3. The van der Waals surface area contributed by atoms with Crippen molar-refractivity contribution in [1.82, 2.24) is 4.98 Å². The number of aryl methyl sites for hydroxylation is 1. The first-order valence-corrected chi connectivity index (χ1v) is 13.3. The Hall–Kier alpha value is -3.93. The highest BCUT2D eigenvalue weighted by Gasteiger charge is 2.10. The van der Waals surface area contributed by atoms with Crippen LogP contribution in [0.5, 0.6) is 5.88 Å². The fourth-order valence-corrected chi connectivity index (χ4v) is 4.35. The van der Waals surface area contributed by atoms with Crippen LogP contribution in [0, 0.1) is 5.92 Å². The molecule has 3 aromatic rings. The van der Waals surface area contributed by atoms with Crippen molar-refractivity contribution >= 4 is 18.0 Å². The molecular weight excluding hydrogens is 478 g/mol. The first kappa shape index (κ1) is 28.6. The van der Waals surface area contributed by atoms with Gasteiger partial charge in [-0.1, -0.05) is 61.0 Å². The third-order valence-electron chi connectivity index (χ3n) is 6.45. The number of benzene rings is 2. The van der Waals surface area contributed by atoms with Crippen molar-refractivity contribution in [3.05, 3.63) is 101 Å². The van der Waals surface area contributed by atoms with Gasteiger partial charge in [0.2, 0.25) is 5.88 Å². The molecule has 1 aromatic heterocycles.